The predicted molar refractivity (Wildman–Crippen MR) is 62.4 cm³/mol. The third-order valence-corrected chi connectivity index (χ3v) is 3.17. The molecule has 0 aromatic heterocycles. The molecule has 0 saturated carbocycles. The summed E-state index contributed by atoms with van der Waals surface area (Å²) in [7, 11) is 0. The summed E-state index contributed by atoms with van der Waals surface area (Å²) in [5.41, 5.74) is -0.494. The Kier molecular flexibility index (Phi) is 3.80. The maximum absolute atomic E-state index is 12.8. The zero-order valence-corrected chi connectivity index (χ0v) is 10.2. The molecule has 1 unspecified atom stereocenters. The molecule has 1 N–H and O–H groups in total. The third kappa shape index (κ3) is 3.26. The summed E-state index contributed by atoms with van der Waals surface area (Å²) in [6.07, 6.45) is -4.90. The minimum absolute atomic E-state index is 0.0565. The average Bonchev–Trinajstić information content (AvgIpc) is 2.64. The van der Waals surface area contributed by atoms with Gasteiger partial charge in [-0.2, -0.15) is 13.2 Å². The fourth-order valence-electron chi connectivity index (χ4n) is 2.24. The lowest BCUT2D eigenvalue weighted by atomic mass is 10.0. The molecule has 6 heteroatoms. The molecule has 1 fully saturated rings. The number of alkyl halides is 3. The first kappa shape index (κ1) is 13.9. The van der Waals surface area contributed by atoms with Gasteiger partial charge in [0.05, 0.1) is 18.1 Å². The Morgan fingerprint density at radius 3 is 2.58 bits per heavy atom. The second-order valence-electron chi connectivity index (χ2n) is 4.60. The first-order valence-corrected chi connectivity index (χ1v) is 5.99. The molecule has 104 valence electrons. The number of nitrogens with zero attached hydrogens (tertiary/aromatic N) is 1. The summed E-state index contributed by atoms with van der Waals surface area (Å²) in [5.74, 6) is -0.211. The molecule has 19 heavy (non-hydrogen) atoms. The van der Waals surface area contributed by atoms with Gasteiger partial charge in [-0.05, 0) is 18.1 Å². The minimum atomic E-state index is -4.38. The van der Waals surface area contributed by atoms with Crippen LogP contribution in [0, 0.1) is 0 Å². The van der Waals surface area contributed by atoms with Crippen molar-refractivity contribution in [2.45, 2.75) is 25.1 Å². The lowest BCUT2D eigenvalue weighted by Crippen LogP contribution is -2.28. The molecule has 0 radical (unpaired) electrons. The summed E-state index contributed by atoms with van der Waals surface area (Å²) in [6.45, 7) is 0.399. The van der Waals surface area contributed by atoms with E-state index in [1.165, 1.54) is 17.0 Å². The highest BCUT2D eigenvalue weighted by Crippen LogP contribution is 2.32. The zero-order valence-electron chi connectivity index (χ0n) is 10.2. The molecule has 1 saturated heterocycles. The van der Waals surface area contributed by atoms with Crippen molar-refractivity contribution < 1.29 is 23.1 Å². The van der Waals surface area contributed by atoms with Gasteiger partial charge >= 0.3 is 6.18 Å². The normalized spacial score (nSPS) is 20.1. The number of halogens is 3. The fourth-order valence-corrected chi connectivity index (χ4v) is 2.24. The van der Waals surface area contributed by atoms with Gasteiger partial charge in [-0.25, -0.2) is 0 Å². The Hall–Kier alpha value is -1.56. The lowest BCUT2D eigenvalue weighted by Gasteiger charge is -2.18. The summed E-state index contributed by atoms with van der Waals surface area (Å²) in [4.78, 5) is 12.8. The summed E-state index contributed by atoms with van der Waals surface area (Å²) >= 11 is 0. The lowest BCUT2D eigenvalue weighted by molar-refractivity contribution is -0.138. The number of amides is 1. The molecule has 0 aliphatic carbocycles. The molecule has 1 aliphatic heterocycles. The van der Waals surface area contributed by atoms with Crippen molar-refractivity contribution >= 4 is 5.91 Å². The van der Waals surface area contributed by atoms with Gasteiger partial charge in [0.2, 0.25) is 5.91 Å². The number of hydrogen-bond donors (Lipinski definition) is 1. The molecule has 1 aromatic rings. The Bertz CT molecular complexity index is 473. The van der Waals surface area contributed by atoms with Gasteiger partial charge in [0.25, 0.3) is 0 Å². The first-order valence-electron chi connectivity index (χ1n) is 5.99. The highest BCUT2D eigenvalue weighted by molar-refractivity contribution is 5.79. The monoisotopic (exact) mass is 273 g/mol. The van der Waals surface area contributed by atoms with Crippen molar-refractivity contribution in [1.82, 2.24) is 4.90 Å². The van der Waals surface area contributed by atoms with Gasteiger partial charge in [-0.15, -0.1) is 0 Å². The summed E-state index contributed by atoms with van der Waals surface area (Å²) in [6, 6.07) is 5.35. The van der Waals surface area contributed by atoms with Crippen LogP contribution < -0.4 is 0 Å². The van der Waals surface area contributed by atoms with E-state index in [0.717, 1.165) is 6.07 Å². The maximum Gasteiger partial charge on any atom is 0.416 e. The number of β-amino-alcohol motifs (C(OH)–C–C–N with tert-alkyl or cyclic N) is 1. The van der Waals surface area contributed by atoms with Gasteiger partial charge in [0, 0.05) is 13.1 Å². The van der Waals surface area contributed by atoms with E-state index in [1.54, 1.807) is 6.07 Å². The number of hydrogen-bond acceptors (Lipinski definition) is 2. The maximum atomic E-state index is 12.8. The topological polar surface area (TPSA) is 40.5 Å². The van der Waals surface area contributed by atoms with E-state index in [-0.39, 0.29) is 37.4 Å². The molecule has 0 spiro atoms. The van der Waals surface area contributed by atoms with Gasteiger partial charge in [0.15, 0.2) is 0 Å². The number of benzene rings is 1. The second kappa shape index (κ2) is 5.21. The van der Waals surface area contributed by atoms with E-state index in [0.29, 0.717) is 0 Å². The van der Waals surface area contributed by atoms with Crippen LogP contribution in [0.1, 0.15) is 17.5 Å². The molecule has 1 atom stereocenters. The minimum Gasteiger partial charge on any atom is -0.391 e. The van der Waals surface area contributed by atoms with Crippen LogP contribution >= 0.6 is 0 Å². The number of carbonyl (C=O) groups excluding carboxylic acids is 1. The fraction of sp³-hybridized carbons (Fsp3) is 0.462. The molecule has 2 rings (SSSR count). The second-order valence-corrected chi connectivity index (χ2v) is 4.60. The predicted octanol–water partition coefficient (Wildman–Crippen LogP) is 1.84. The molecule has 1 aliphatic rings. The largest absolute Gasteiger partial charge is 0.416 e. The molecule has 1 aromatic carbocycles. The van der Waals surface area contributed by atoms with E-state index in [4.69, 9.17) is 0 Å². The number of rotatable bonds is 3. The van der Waals surface area contributed by atoms with Crippen LogP contribution in [0.4, 0.5) is 13.2 Å². The van der Waals surface area contributed by atoms with Gasteiger partial charge < -0.3 is 10.0 Å². The van der Waals surface area contributed by atoms with Crippen LogP contribution in [0.3, 0.4) is 0 Å². The molecular formula is C13H14F3NO2. The van der Waals surface area contributed by atoms with Crippen molar-refractivity contribution in [1.29, 1.82) is 0 Å². The molecule has 3 nitrogen and oxygen atoms in total. The quantitative estimate of drug-likeness (QED) is 0.913. The van der Waals surface area contributed by atoms with Crippen molar-refractivity contribution in [2.24, 2.45) is 0 Å². The third-order valence-electron chi connectivity index (χ3n) is 3.17. The smallest absolute Gasteiger partial charge is 0.391 e. The summed E-state index contributed by atoms with van der Waals surface area (Å²) < 4.78 is 38.3. The highest BCUT2D eigenvalue weighted by atomic mass is 19.4. The van der Waals surface area contributed by atoms with Crippen LogP contribution in [0.15, 0.2) is 24.3 Å². The van der Waals surface area contributed by atoms with Gasteiger partial charge in [0.1, 0.15) is 0 Å². The molecular weight excluding hydrogens is 259 g/mol. The zero-order chi connectivity index (χ0) is 14.0. The average molecular weight is 273 g/mol. The Labute approximate surface area is 108 Å². The van der Waals surface area contributed by atoms with Crippen LogP contribution in [0.2, 0.25) is 0 Å². The highest BCUT2D eigenvalue weighted by Gasteiger charge is 2.33. The number of likely N-dealkylation sites (tertiary alicyclic amines) is 1. The number of carbonyl (C=O) groups is 1. The molecule has 1 amide bonds. The van der Waals surface area contributed by atoms with Crippen molar-refractivity contribution in [2.75, 3.05) is 13.1 Å². The van der Waals surface area contributed by atoms with Crippen molar-refractivity contribution in [3.8, 4) is 0 Å². The van der Waals surface area contributed by atoms with Crippen molar-refractivity contribution in [3.63, 3.8) is 0 Å². The van der Waals surface area contributed by atoms with Gasteiger partial charge in [-0.1, -0.05) is 18.2 Å². The van der Waals surface area contributed by atoms with Gasteiger partial charge in [-0.3, -0.25) is 4.79 Å². The van der Waals surface area contributed by atoms with E-state index < -0.39 is 17.8 Å². The van der Waals surface area contributed by atoms with E-state index in [1.807, 2.05) is 0 Å². The van der Waals surface area contributed by atoms with E-state index in [9.17, 15) is 23.1 Å². The Morgan fingerprint density at radius 1 is 1.32 bits per heavy atom. The standard InChI is InChI=1S/C13H14F3NO2/c14-13(15,16)11-4-2-1-3-9(11)5-6-17-8-10(18)7-12(17)19/h1-4,10,18H,5-8H2. The van der Waals surface area contributed by atoms with Crippen LogP contribution in [0.25, 0.3) is 0 Å². The Morgan fingerprint density at radius 2 is 2.00 bits per heavy atom. The van der Waals surface area contributed by atoms with Crippen LogP contribution in [-0.2, 0) is 17.4 Å². The molecule has 1 heterocycles. The Balaban J connectivity index is 2.06. The summed E-state index contributed by atoms with van der Waals surface area (Å²) in [5, 5.41) is 9.31. The van der Waals surface area contributed by atoms with Crippen LogP contribution in [0.5, 0.6) is 0 Å². The number of aliphatic hydroxyl groups excluding tert-OH is 1. The first-order chi connectivity index (χ1) is 8.88. The van der Waals surface area contributed by atoms with E-state index in [2.05, 4.69) is 0 Å². The molecule has 0 bridgehead atoms. The SMILES string of the molecule is O=C1CC(O)CN1CCc1ccccc1C(F)(F)F. The van der Waals surface area contributed by atoms with E-state index >= 15 is 0 Å². The van der Waals surface area contributed by atoms with Crippen LogP contribution in [-0.4, -0.2) is 35.1 Å². The van der Waals surface area contributed by atoms with Crippen molar-refractivity contribution in [3.05, 3.63) is 35.4 Å². The number of aliphatic hydroxyl groups is 1.